The standard InChI is InChI=1S/C15H13ClN4O/c1-9-6-10(16)2-3-14(9)20-15(18)12(7-17)11-4-5-21-8-13(11)19-20/h2-3,6,18H,4-5,8H2,1H3. The molecule has 0 amide bonds. The molecule has 21 heavy (non-hydrogen) atoms. The van der Waals surface area contributed by atoms with Crippen molar-refractivity contribution in [3.63, 3.8) is 0 Å². The number of benzene rings is 1. The molecule has 1 aromatic heterocycles. The van der Waals surface area contributed by atoms with E-state index in [1.54, 1.807) is 12.1 Å². The molecule has 0 atom stereocenters. The van der Waals surface area contributed by atoms with Gasteiger partial charge in [-0.05, 0) is 37.1 Å². The van der Waals surface area contributed by atoms with Gasteiger partial charge in [-0.1, -0.05) is 11.6 Å². The molecular weight excluding hydrogens is 288 g/mol. The highest BCUT2D eigenvalue weighted by Gasteiger charge is 2.19. The number of hydrogen-bond acceptors (Lipinski definition) is 4. The monoisotopic (exact) mass is 300 g/mol. The van der Waals surface area contributed by atoms with Crippen LogP contribution in [0.15, 0.2) is 18.2 Å². The fourth-order valence-corrected chi connectivity index (χ4v) is 2.73. The van der Waals surface area contributed by atoms with Crippen LogP contribution in [0, 0.1) is 23.7 Å². The van der Waals surface area contributed by atoms with Gasteiger partial charge in [-0.3, -0.25) is 5.41 Å². The summed E-state index contributed by atoms with van der Waals surface area (Å²) in [5.74, 6) is 0. The Labute approximate surface area is 126 Å². The maximum atomic E-state index is 9.39. The molecule has 0 aliphatic carbocycles. The molecule has 3 rings (SSSR count). The number of nitriles is 1. The molecule has 6 heteroatoms. The summed E-state index contributed by atoms with van der Waals surface area (Å²) in [6.07, 6.45) is 0.623. The molecule has 0 unspecified atom stereocenters. The van der Waals surface area contributed by atoms with Gasteiger partial charge >= 0.3 is 0 Å². The summed E-state index contributed by atoms with van der Waals surface area (Å²) in [7, 11) is 0. The summed E-state index contributed by atoms with van der Waals surface area (Å²) < 4.78 is 6.89. The van der Waals surface area contributed by atoms with Crippen molar-refractivity contribution in [3.8, 4) is 11.8 Å². The lowest BCUT2D eigenvalue weighted by atomic mass is 10.0. The van der Waals surface area contributed by atoms with Crippen molar-refractivity contribution in [3.05, 3.63) is 51.1 Å². The summed E-state index contributed by atoms with van der Waals surface area (Å²) in [6.45, 7) is 2.83. The summed E-state index contributed by atoms with van der Waals surface area (Å²) >= 11 is 5.97. The highest BCUT2D eigenvalue weighted by atomic mass is 35.5. The molecule has 0 bridgehead atoms. The smallest absolute Gasteiger partial charge is 0.165 e. The van der Waals surface area contributed by atoms with Crippen molar-refractivity contribution in [1.82, 2.24) is 9.78 Å². The number of ether oxygens (including phenoxy) is 1. The number of nitrogens with one attached hydrogen (secondary N) is 1. The SMILES string of the molecule is Cc1cc(Cl)ccc1-n1nc2c(c(C#N)c1=N)CCOC2. The van der Waals surface area contributed by atoms with Crippen molar-refractivity contribution in [1.29, 1.82) is 10.7 Å². The molecule has 106 valence electrons. The Morgan fingerprint density at radius 2 is 2.29 bits per heavy atom. The molecule has 0 saturated heterocycles. The van der Waals surface area contributed by atoms with Gasteiger partial charge in [0.2, 0.25) is 0 Å². The first kappa shape index (κ1) is 13.8. The lowest BCUT2D eigenvalue weighted by Gasteiger charge is -2.19. The van der Waals surface area contributed by atoms with Crippen LogP contribution in [0.4, 0.5) is 0 Å². The Kier molecular flexibility index (Phi) is 3.50. The van der Waals surface area contributed by atoms with E-state index < -0.39 is 0 Å². The lowest BCUT2D eigenvalue weighted by Crippen LogP contribution is -2.30. The van der Waals surface area contributed by atoms with E-state index in [1.165, 1.54) is 4.68 Å². The van der Waals surface area contributed by atoms with Crippen LogP contribution in [0.5, 0.6) is 0 Å². The highest BCUT2D eigenvalue weighted by molar-refractivity contribution is 6.30. The molecule has 1 aromatic carbocycles. The van der Waals surface area contributed by atoms with Gasteiger partial charge in [-0.25, -0.2) is 4.68 Å². The molecule has 1 aliphatic rings. The maximum Gasteiger partial charge on any atom is 0.165 e. The molecule has 0 saturated carbocycles. The van der Waals surface area contributed by atoms with Crippen LogP contribution in [0.1, 0.15) is 22.4 Å². The van der Waals surface area contributed by atoms with Crippen molar-refractivity contribution in [2.45, 2.75) is 20.0 Å². The molecule has 0 radical (unpaired) electrons. The maximum absolute atomic E-state index is 9.39. The second-order valence-electron chi connectivity index (χ2n) is 4.91. The minimum absolute atomic E-state index is 0.101. The van der Waals surface area contributed by atoms with Crippen LogP contribution in [0.3, 0.4) is 0 Å². The first-order chi connectivity index (χ1) is 10.1. The van der Waals surface area contributed by atoms with Gasteiger partial charge in [-0.2, -0.15) is 10.4 Å². The molecule has 0 fully saturated rings. The van der Waals surface area contributed by atoms with E-state index in [2.05, 4.69) is 11.2 Å². The number of rotatable bonds is 1. The number of nitrogens with zero attached hydrogens (tertiary/aromatic N) is 3. The highest BCUT2D eigenvalue weighted by Crippen LogP contribution is 2.20. The van der Waals surface area contributed by atoms with Crippen LogP contribution in [-0.4, -0.2) is 16.4 Å². The lowest BCUT2D eigenvalue weighted by molar-refractivity contribution is 0.105. The molecule has 1 N–H and O–H groups in total. The third-order valence-electron chi connectivity index (χ3n) is 3.55. The predicted octanol–water partition coefficient (Wildman–Crippen LogP) is 2.26. The fourth-order valence-electron chi connectivity index (χ4n) is 2.50. The third kappa shape index (κ3) is 2.33. The molecule has 2 heterocycles. The zero-order chi connectivity index (χ0) is 15.0. The summed E-state index contributed by atoms with van der Waals surface area (Å²) in [5.41, 5.74) is 3.67. The van der Waals surface area contributed by atoms with Gasteiger partial charge in [-0.15, -0.1) is 0 Å². The van der Waals surface area contributed by atoms with E-state index in [0.29, 0.717) is 30.2 Å². The normalized spacial score (nSPS) is 13.6. The number of halogens is 1. The van der Waals surface area contributed by atoms with E-state index in [-0.39, 0.29) is 5.49 Å². The van der Waals surface area contributed by atoms with Crippen LogP contribution >= 0.6 is 11.6 Å². The van der Waals surface area contributed by atoms with Crippen LogP contribution < -0.4 is 5.49 Å². The average molecular weight is 301 g/mol. The van der Waals surface area contributed by atoms with Gasteiger partial charge in [0.1, 0.15) is 11.6 Å². The van der Waals surface area contributed by atoms with Crippen molar-refractivity contribution in [2.24, 2.45) is 0 Å². The zero-order valence-corrected chi connectivity index (χ0v) is 12.2. The molecule has 0 spiro atoms. The van der Waals surface area contributed by atoms with Gasteiger partial charge in [0.25, 0.3) is 0 Å². The largest absolute Gasteiger partial charge is 0.375 e. The first-order valence-corrected chi connectivity index (χ1v) is 6.93. The quantitative estimate of drug-likeness (QED) is 0.878. The van der Waals surface area contributed by atoms with E-state index in [0.717, 1.165) is 22.5 Å². The van der Waals surface area contributed by atoms with Crippen molar-refractivity contribution < 1.29 is 4.74 Å². The van der Waals surface area contributed by atoms with Gasteiger partial charge < -0.3 is 4.74 Å². The van der Waals surface area contributed by atoms with Crippen molar-refractivity contribution in [2.75, 3.05) is 6.61 Å². The number of hydrogen-bond donors (Lipinski definition) is 1. The Morgan fingerprint density at radius 3 is 3.00 bits per heavy atom. The molecule has 5 nitrogen and oxygen atoms in total. The summed E-state index contributed by atoms with van der Waals surface area (Å²) in [6, 6.07) is 7.50. The Morgan fingerprint density at radius 1 is 1.48 bits per heavy atom. The number of aromatic nitrogens is 2. The van der Waals surface area contributed by atoms with E-state index in [1.807, 2.05) is 13.0 Å². The Hall–Kier alpha value is -2.16. The van der Waals surface area contributed by atoms with Crippen LogP contribution in [0.25, 0.3) is 5.69 Å². The number of fused-ring (bicyclic) bond motifs is 1. The Balaban J connectivity index is 2.29. The molecular formula is C15H13ClN4O. The van der Waals surface area contributed by atoms with Gasteiger partial charge in [0.15, 0.2) is 5.49 Å². The van der Waals surface area contributed by atoms with Crippen LogP contribution in [-0.2, 0) is 17.8 Å². The molecule has 2 aromatic rings. The van der Waals surface area contributed by atoms with Gasteiger partial charge in [0.05, 0.1) is 24.6 Å². The number of aryl methyl sites for hydroxylation is 1. The molecule has 1 aliphatic heterocycles. The second kappa shape index (κ2) is 5.32. The van der Waals surface area contributed by atoms with Gasteiger partial charge in [0, 0.05) is 10.6 Å². The first-order valence-electron chi connectivity index (χ1n) is 6.56. The van der Waals surface area contributed by atoms with Crippen LogP contribution in [0.2, 0.25) is 5.02 Å². The Bertz CT molecular complexity index is 820. The van der Waals surface area contributed by atoms with Crippen molar-refractivity contribution >= 4 is 11.6 Å². The topological polar surface area (TPSA) is 74.7 Å². The summed E-state index contributed by atoms with van der Waals surface area (Å²) in [4.78, 5) is 0. The second-order valence-corrected chi connectivity index (χ2v) is 5.34. The van der Waals surface area contributed by atoms with E-state index in [9.17, 15) is 5.26 Å². The van der Waals surface area contributed by atoms with E-state index >= 15 is 0 Å². The average Bonchev–Trinajstić information content (AvgIpc) is 2.47. The predicted molar refractivity (Wildman–Crippen MR) is 77.2 cm³/mol. The zero-order valence-electron chi connectivity index (χ0n) is 11.5. The minimum Gasteiger partial charge on any atom is -0.375 e. The third-order valence-corrected chi connectivity index (χ3v) is 3.79. The summed E-state index contributed by atoms with van der Waals surface area (Å²) in [5, 5.41) is 22.8. The minimum atomic E-state index is 0.101. The fraction of sp³-hybridized carbons (Fsp3) is 0.267. The van der Waals surface area contributed by atoms with E-state index in [4.69, 9.17) is 21.7 Å².